The summed E-state index contributed by atoms with van der Waals surface area (Å²) in [6.07, 6.45) is 1.08. The largest absolute Gasteiger partial charge is 0.481 e. The van der Waals surface area contributed by atoms with Crippen LogP contribution in [-0.2, 0) is 14.8 Å². The van der Waals surface area contributed by atoms with E-state index in [1.807, 2.05) is 6.92 Å². The minimum absolute atomic E-state index is 0.0159. The molecule has 6 nitrogen and oxygen atoms in total. The first-order valence-corrected chi connectivity index (χ1v) is 6.57. The number of nitrogens with one attached hydrogen (secondary N) is 1. The van der Waals surface area contributed by atoms with E-state index in [1.54, 1.807) is 0 Å². The van der Waals surface area contributed by atoms with E-state index in [9.17, 15) is 13.2 Å². The number of piperazine rings is 1. The zero-order valence-electron chi connectivity index (χ0n) is 8.80. The van der Waals surface area contributed by atoms with Gasteiger partial charge < -0.3 is 10.4 Å². The van der Waals surface area contributed by atoms with Crippen molar-refractivity contribution in [3.8, 4) is 0 Å². The number of nitrogens with zero attached hydrogens (tertiary/aromatic N) is 1. The molecular formula is C8H16N2O4S. The number of carboxylic acids is 1. The van der Waals surface area contributed by atoms with Gasteiger partial charge in [-0.25, -0.2) is 8.42 Å². The fourth-order valence-corrected chi connectivity index (χ4v) is 2.68. The van der Waals surface area contributed by atoms with E-state index in [-0.39, 0.29) is 25.0 Å². The SMILES string of the molecule is CC1CN(S(C)(=O)=O)CC(CC(=O)O)N1. The lowest BCUT2D eigenvalue weighted by atomic mass is 10.1. The van der Waals surface area contributed by atoms with E-state index in [0.29, 0.717) is 6.54 Å². The topological polar surface area (TPSA) is 86.7 Å². The monoisotopic (exact) mass is 236 g/mol. The number of aliphatic carboxylic acids is 1. The molecule has 1 saturated heterocycles. The second-order valence-corrected chi connectivity index (χ2v) is 5.92. The quantitative estimate of drug-likeness (QED) is 0.662. The molecule has 0 aromatic carbocycles. The number of sulfonamides is 1. The molecule has 2 atom stereocenters. The Bertz CT molecular complexity index is 341. The third-order valence-corrected chi connectivity index (χ3v) is 3.55. The van der Waals surface area contributed by atoms with Crippen LogP contribution >= 0.6 is 0 Å². The van der Waals surface area contributed by atoms with E-state index in [0.717, 1.165) is 6.26 Å². The van der Waals surface area contributed by atoms with Gasteiger partial charge in [0.2, 0.25) is 10.0 Å². The molecule has 1 fully saturated rings. The van der Waals surface area contributed by atoms with Crippen LogP contribution in [0.1, 0.15) is 13.3 Å². The predicted molar refractivity (Wildman–Crippen MR) is 55.1 cm³/mol. The van der Waals surface area contributed by atoms with Gasteiger partial charge in [-0.05, 0) is 6.92 Å². The van der Waals surface area contributed by atoms with Crippen LogP contribution in [0.15, 0.2) is 0 Å². The summed E-state index contributed by atoms with van der Waals surface area (Å²) in [6, 6.07) is -0.321. The molecule has 0 aromatic heterocycles. The van der Waals surface area contributed by atoms with Crippen LogP contribution in [0.5, 0.6) is 0 Å². The average molecular weight is 236 g/mol. The summed E-state index contributed by atoms with van der Waals surface area (Å²) in [5.74, 6) is -0.921. The summed E-state index contributed by atoms with van der Waals surface area (Å²) in [7, 11) is -3.23. The summed E-state index contributed by atoms with van der Waals surface area (Å²) < 4.78 is 23.9. The third kappa shape index (κ3) is 3.77. The Morgan fingerprint density at radius 1 is 1.53 bits per heavy atom. The van der Waals surface area contributed by atoms with Crippen molar-refractivity contribution in [2.45, 2.75) is 25.4 Å². The minimum atomic E-state index is -3.23. The fourth-order valence-electron chi connectivity index (χ4n) is 1.74. The van der Waals surface area contributed by atoms with Crippen molar-refractivity contribution < 1.29 is 18.3 Å². The molecule has 0 aliphatic carbocycles. The molecule has 1 heterocycles. The summed E-state index contributed by atoms with van der Waals surface area (Å²) >= 11 is 0. The summed E-state index contributed by atoms with van der Waals surface area (Å²) in [5, 5.41) is 11.7. The second kappa shape index (κ2) is 4.46. The molecule has 1 aliphatic rings. The maximum absolute atomic E-state index is 11.3. The second-order valence-electron chi connectivity index (χ2n) is 3.94. The van der Waals surface area contributed by atoms with Gasteiger partial charge in [-0.3, -0.25) is 4.79 Å². The van der Waals surface area contributed by atoms with Crippen molar-refractivity contribution >= 4 is 16.0 Å². The highest BCUT2D eigenvalue weighted by atomic mass is 32.2. The normalized spacial score (nSPS) is 28.9. The van der Waals surface area contributed by atoms with Crippen LogP contribution in [0, 0.1) is 0 Å². The fraction of sp³-hybridized carbons (Fsp3) is 0.875. The van der Waals surface area contributed by atoms with Crippen LogP contribution < -0.4 is 5.32 Å². The average Bonchev–Trinajstić information content (AvgIpc) is 1.99. The smallest absolute Gasteiger partial charge is 0.304 e. The van der Waals surface area contributed by atoms with Gasteiger partial charge >= 0.3 is 5.97 Å². The first-order chi connectivity index (χ1) is 6.79. The van der Waals surface area contributed by atoms with E-state index in [1.165, 1.54) is 4.31 Å². The van der Waals surface area contributed by atoms with Crippen molar-refractivity contribution in [2.75, 3.05) is 19.3 Å². The predicted octanol–water partition coefficient (Wildman–Crippen LogP) is -0.917. The Labute approximate surface area is 89.3 Å². The lowest BCUT2D eigenvalue weighted by Crippen LogP contribution is -2.57. The van der Waals surface area contributed by atoms with Gasteiger partial charge in [0.1, 0.15) is 0 Å². The molecule has 1 aliphatic heterocycles. The molecule has 15 heavy (non-hydrogen) atoms. The van der Waals surface area contributed by atoms with Gasteiger partial charge in [-0.1, -0.05) is 0 Å². The molecular weight excluding hydrogens is 220 g/mol. The summed E-state index contributed by atoms with van der Waals surface area (Å²) in [5.41, 5.74) is 0. The highest BCUT2D eigenvalue weighted by Gasteiger charge is 2.30. The standard InChI is InChI=1S/C8H16N2O4S/c1-6-4-10(15(2,13)14)5-7(9-6)3-8(11)12/h6-7,9H,3-5H2,1-2H3,(H,11,12). The molecule has 88 valence electrons. The van der Waals surface area contributed by atoms with E-state index >= 15 is 0 Å². The summed E-state index contributed by atoms with van der Waals surface area (Å²) in [4.78, 5) is 10.5. The van der Waals surface area contributed by atoms with Crippen molar-refractivity contribution in [1.82, 2.24) is 9.62 Å². The van der Waals surface area contributed by atoms with Crippen molar-refractivity contribution in [2.24, 2.45) is 0 Å². The molecule has 0 bridgehead atoms. The Morgan fingerprint density at radius 3 is 2.60 bits per heavy atom. The van der Waals surface area contributed by atoms with Crippen molar-refractivity contribution in [3.05, 3.63) is 0 Å². The van der Waals surface area contributed by atoms with Gasteiger partial charge in [-0.2, -0.15) is 4.31 Å². The molecule has 7 heteroatoms. The van der Waals surface area contributed by atoms with Gasteiger partial charge in [0.15, 0.2) is 0 Å². The maximum Gasteiger partial charge on any atom is 0.304 e. The summed E-state index contributed by atoms with van der Waals surface area (Å²) in [6.45, 7) is 2.47. The molecule has 0 amide bonds. The van der Waals surface area contributed by atoms with Gasteiger partial charge in [0.05, 0.1) is 12.7 Å². The molecule has 0 saturated carbocycles. The highest BCUT2D eigenvalue weighted by Crippen LogP contribution is 2.10. The molecule has 1 rings (SSSR count). The maximum atomic E-state index is 11.3. The van der Waals surface area contributed by atoms with E-state index in [2.05, 4.69) is 5.32 Å². The van der Waals surface area contributed by atoms with Crippen molar-refractivity contribution in [1.29, 1.82) is 0 Å². The number of carbonyl (C=O) groups is 1. The van der Waals surface area contributed by atoms with Crippen LogP contribution in [0.2, 0.25) is 0 Å². The van der Waals surface area contributed by atoms with Gasteiger partial charge in [0.25, 0.3) is 0 Å². The Kier molecular flexibility index (Phi) is 3.69. The number of rotatable bonds is 3. The Morgan fingerprint density at radius 2 is 2.13 bits per heavy atom. The lowest BCUT2D eigenvalue weighted by molar-refractivity contribution is -0.137. The van der Waals surface area contributed by atoms with Crippen molar-refractivity contribution in [3.63, 3.8) is 0 Å². The minimum Gasteiger partial charge on any atom is -0.481 e. The van der Waals surface area contributed by atoms with Crippen LogP contribution in [0.3, 0.4) is 0 Å². The number of hydrogen-bond acceptors (Lipinski definition) is 4. The van der Waals surface area contributed by atoms with Crippen LogP contribution in [0.25, 0.3) is 0 Å². The zero-order valence-corrected chi connectivity index (χ0v) is 9.62. The number of carboxylic acid groups (broad SMARTS) is 1. The molecule has 0 spiro atoms. The molecule has 2 unspecified atom stereocenters. The van der Waals surface area contributed by atoms with Gasteiger partial charge in [0, 0.05) is 25.2 Å². The van der Waals surface area contributed by atoms with E-state index < -0.39 is 16.0 Å². The molecule has 0 radical (unpaired) electrons. The van der Waals surface area contributed by atoms with Crippen LogP contribution in [-0.4, -0.2) is 55.2 Å². The van der Waals surface area contributed by atoms with Gasteiger partial charge in [-0.15, -0.1) is 0 Å². The first kappa shape index (κ1) is 12.4. The lowest BCUT2D eigenvalue weighted by Gasteiger charge is -2.35. The first-order valence-electron chi connectivity index (χ1n) is 4.72. The van der Waals surface area contributed by atoms with E-state index in [4.69, 9.17) is 5.11 Å². The van der Waals surface area contributed by atoms with Crippen LogP contribution in [0.4, 0.5) is 0 Å². The molecule has 0 aromatic rings. The molecule has 2 N–H and O–H groups in total. The zero-order chi connectivity index (χ0) is 11.6. The Hall–Kier alpha value is -0.660. The number of hydrogen-bond donors (Lipinski definition) is 2. The highest BCUT2D eigenvalue weighted by molar-refractivity contribution is 7.88. The third-order valence-electron chi connectivity index (χ3n) is 2.31. The Balaban J connectivity index is 2.68.